The van der Waals surface area contributed by atoms with Crippen molar-refractivity contribution in [3.05, 3.63) is 71.3 Å². The Morgan fingerprint density at radius 1 is 1.17 bits per heavy atom. The molecule has 2 N–H and O–H groups in total. The molecule has 0 aliphatic carbocycles. The summed E-state index contributed by atoms with van der Waals surface area (Å²) in [5, 5.41) is 6.69. The normalized spacial score (nSPS) is 17.3. The van der Waals surface area contributed by atoms with Crippen molar-refractivity contribution in [2.45, 2.75) is 25.8 Å². The highest BCUT2D eigenvalue weighted by atomic mass is 16.1. The van der Waals surface area contributed by atoms with Crippen LogP contribution in [-0.2, 0) is 6.42 Å². The van der Waals surface area contributed by atoms with Crippen LogP contribution >= 0.6 is 0 Å². The highest BCUT2D eigenvalue weighted by Crippen LogP contribution is 2.31. The molecule has 0 bridgehead atoms. The van der Waals surface area contributed by atoms with E-state index in [1.807, 2.05) is 43.4 Å². The monoisotopic (exact) mass is 306 g/mol. The molecule has 3 nitrogen and oxygen atoms in total. The van der Waals surface area contributed by atoms with Crippen molar-refractivity contribution in [1.82, 2.24) is 5.32 Å². The molecule has 0 spiro atoms. The Hall–Kier alpha value is -2.55. The molecular formula is C20H22N2O. The van der Waals surface area contributed by atoms with E-state index in [4.69, 9.17) is 0 Å². The van der Waals surface area contributed by atoms with Gasteiger partial charge < -0.3 is 10.6 Å². The average Bonchev–Trinajstić information content (AvgIpc) is 2.54. The van der Waals surface area contributed by atoms with Gasteiger partial charge in [0, 0.05) is 41.2 Å². The van der Waals surface area contributed by atoms with Gasteiger partial charge in [-0.05, 0) is 38.0 Å². The molecule has 1 aliphatic rings. The van der Waals surface area contributed by atoms with Crippen LogP contribution in [0.3, 0.4) is 0 Å². The van der Waals surface area contributed by atoms with Crippen LogP contribution < -0.4 is 10.6 Å². The molecule has 0 saturated heterocycles. The fraction of sp³-hybridized carbons (Fsp3) is 0.250. The van der Waals surface area contributed by atoms with Gasteiger partial charge in [0.15, 0.2) is 5.78 Å². The standard InChI is InChI=1S/C20H22N2O/c1-20(2)13-15-11-16(21-3)9-10-17(15)18(22-20)12-19(23)14-7-5-4-6-8-14/h4-12,21-22H,13H2,1-3H3. The molecule has 23 heavy (non-hydrogen) atoms. The van der Waals surface area contributed by atoms with E-state index in [9.17, 15) is 4.79 Å². The molecule has 1 aliphatic heterocycles. The minimum atomic E-state index is -0.0812. The third-order valence-corrected chi connectivity index (χ3v) is 4.12. The molecule has 0 radical (unpaired) electrons. The van der Waals surface area contributed by atoms with E-state index in [0.29, 0.717) is 5.56 Å². The van der Waals surface area contributed by atoms with Gasteiger partial charge in [0.25, 0.3) is 0 Å². The largest absolute Gasteiger partial charge is 0.388 e. The summed E-state index contributed by atoms with van der Waals surface area (Å²) in [4.78, 5) is 12.5. The number of nitrogens with one attached hydrogen (secondary N) is 2. The Kier molecular flexibility index (Phi) is 3.95. The van der Waals surface area contributed by atoms with Gasteiger partial charge in [-0.1, -0.05) is 36.4 Å². The molecule has 0 saturated carbocycles. The van der Waals surface area contributed by atoms with Gasteiger partial charge in [-0.15, -0.1) is 0 Å². The number of benzene rings is 2. The summed E-state index contributed by atoms with van der Waals surface area (Å²) >= 11 is 0. The topological polar surface area (TPSA) is 41.1 Å². The first-order valence-electron chi connectivity index (χ1n) is 7.89. The second-order valence-corrected chi connectivity index (χ2v) is 6.60. The van der Waals surface area contributed by atoms with Crippen molar-refractivity contribution in [1.29, 1.82) is 0 Å². The highest BCUT2D eigenvalue weighted by Gasteiger charge is 2.28. The molecule has 0 aromatic heterocycles. The number of carbonyl (C=O) groups excluding carboxylic acids is 1. The smallest absolute Gasteiger partial charge is 0.187 e. The second kappa shape index (κ2) is 5.92. The molecular weight excluding hydrogens is 284 g/mol. The highest BCUT2D eigenvalue weighted by molar-refractivity contribution is 6.08. The van der Waals surface area contributed by atoms with Crippen molar-refractivity contribution in [2.24, 2.45) is 0 Å². The Morgan fingerprint density at radius 3 is 2.61 bits per heavy atom. The van der Waals surface area contributed by atoms with E-state index >= 15 is 0 Å². The first-order valence-corrected chi connectivity index (χ1v) is 7.89. The van der Waals surface area contributed by atoms with Gasteiger partial charge in [0.1, 0.15) is 0 Å². The number of rotatable bonds is 3. The average molecular weight is 306 g/mol. The SMILES string of the molecule is CNc1ccc2c(c1)CC(C)(C)NC2=CC(=O)c1ccccc1. The lowest BCUT2D eigenvalue weighted by Crippen LogP contribution is -2.43. The maximum atomic E-state index is 12.5. The van der Waals surface area contributed by atoms with Crippen molar-refractivity contribution < 1.29 is 4.79 Å². The first-order chi connectivity index (χ1) is 11.0. The summed E-state index contributed by atoms with van der Waals surface area (Å²) in [6.45, 7) is 4.31. The zero-order valence-corrected chi connectivity index (χ0v) is 13.8. The fourth-order valence-corrected chi connectivity index (χ4v) is 3.04. The van der Waals surface area contributed by atoms with Gasteiger partial charge in [0.2, 0.25) is 0 Å². The minimum absolute atomic E-state index is 0.0226. The number of allylic oxidation sites excluding steroid dienone is 1. The Labute approximate surface area is 137 Å². The Morgan fingerprint density at radius 2 is 1.91 bits per heavy atom. The van der Waals surface area contributed by atoms with Crippen molar-refractivity contribution in [3.8, 4) is 0 Å². The third-order valence-electron chi connectivity index (χ3n) is 4.12. The summed E-state index contributed by atoms with van der Waals surface area (Å²) in [7, 11) is 1.92. The summed E-state index contributed by atoms with van der Waals surface area (Å²) < 4.78 is 0. The van der Waals surface area contributed by atoms with E-state index in [2.05, 4.69) is 36.6 Å². The predicted octanol–water partition coefficient (Wildman–Crippen LogP) is 3.88. The van der Waals surface area contributed by atoms with Crippen molar-refractivity contribution >= 4 is 17.2 Å². The van der Waals surface area contributed by atoms with Gasteiger partial charge in [-0.25, -0.2) is 0 Å². The second-order valence-electron chi connectivity index (χ2n) is 6.60. The van der Waals surface area contributed by atoms with Crippen LogP contribution in [0.5, 0.6) is 0 Å². The summed E-state index contributed by atoms with van der Waals surface area (Å²) in [5.41, 5.74) is 4.98. The summed E-state index contributed by atoms with van der Waals surface area (Å²) in [5.74, 6) is 0.0226. The number of hydrogen-bond acceptors (Lipinski definition) is 3. The maximum Gasteiger partial charge on any atom is 0.187 e. The van der Waals surface area contributed by atoms with Gasteiger partial charge in [0.05, 0.1) is 0 Å². The Balaban J connectivity index is 2.03. The van der Waals surface area contributed by atoms with E-state index < -0.39 is 0 Å². The molecule has 0 unspecified atom stereocenters. The number of ketones is 1. The van der Waals surface area contributed by atoms with E-state index in [-0.39, 0.29) is 11.3 Å². The molecule has 0 fully saturated rings. The lowest BCUT2D eigenvalue weighted by molar-refractivity contribution is 0.104. The zero-order chi connectivity index (χ0) is 16.4. The van der Waals surface area contributed by atoms with Crippen LogP contribution in [0.15, 0.2) is 54.6 Å². The molecule has 3 heteroatoms. The molecule has 3 rings (SSSR count). The molecule has 2 aromatic rings. The summed E-state index contributed by atoms with van der Waals surface area (Å²) in [6, 6.07) is 15.7. The summed E-state index contributed by atoms with van der Waals surface area (Å²) in [6.07, 6.45) is 2.64. The number of hydrogen-bond donors (Lipinski definition) is 2. The lowest BCUT2D eigenvalue weighted by Gasteiger charge is -2.35. The molecule has 118 valence electrons. The van der Waals surface area contributed by atoms with Crippen LogP contribution in [0.4, 0.5) is 5.69 Å². The van der Waals surface area contributed by atoms with Crippen LogP contribution in [0, 0.1) is 0 Å². The third kappa shape index (κ3) is 3.29. The number of anilines is 1. The van der Waals surface area contributed by atoms with Gasteiger partial charge in [-0.3, -0.25) is 4.79 Å². The van der Waals surface area contributed by atoms with Crippen LogP contribution in [0.1, 0.15) is 35.3 Å². The van der Waals surface area contributed by atoms with Crippen LogP contribution in [0.25, 0.3) is 5.70 Å². The van der Waals surface area contributed by atoms with Gasteiger partial charge in [-0.2, -0.15) is 0 Å². The van der Waals surface area contributed by atoms with Gasteiger partial charge >= 0.3 is 0 Å². The number of fused-ring (bicyclic) bond motifs is 1. The Bertz CT molecular complexity index is 760. The molecule has 1 heterocycles. The van der Waals surface area contributed by atoms with E-state index in [1.54, 1.807) is 6.08 Å². The van der Waals surface area contributed by atoms with Crippen LogP contribution in [0.2, 0.25) is 0 Å². The van der Waals surface area contributed by atoms with Crippen molar-refractivity contribution in [2.75, 3.05) is 12.4 Å². The quantitative estimate of drug-likeness (QED) is 0.668. The number of carbonyl (C=O) groups is 1. The molecule has 2 aromatic carbocycles. The van der Waals surface area contributed by atoms with E-state index in [0.717, 1.165) is 23.4 Å². The zero-order valence-electron chi connectivity index (χ0n) is 13.8. The first kappa shape index (κ1) is 15.3. The minimum Gasteiger partial charge on any atom is -0.388 e. The fourth-order valence-electron chi connectivity index (χ4n) is 3.04. The van der Waals surface area contributed by atoms with Crippen molar-refractivity contribution in [3.63, 3.8) is 0 Å². The van der Waals surface area contributed by atoms with Crippen LogP contribution in [-0.4, -0.2) is 18.4 Å². The predicted molar refractivity (Wildman–Crippen MR) is 95.7 cm³/mol. The molecule has 0 amide bonds. The lowest BCUT2D eigenvalue weighted by atomic mass is 9.85. The maximum absolute atomic E-state index is 12.5. The van der Waals surface area contributed by atoms with E-state index in [1.165, 1.54) is 5.56 Å². The molecule has 0 atom stereocenters.